The zero-order chi connectivity index (χ0) is 43.5. The molecule has 0 aromatic rings. The van der Waals surface area contributed by atoms with E-state index in [1.807, 2.05) is 0 Å². The number of aliphatic carboxylic acids is 1. The lowest BCUT2D eigenvalue weighted by atomic mass is 10.0. The molecule has 0 bridgehead atoms. The van der Waals surface area contributed by atoms with Gasteiger partial charge in [0.05, 0.1) is 13.2 Å². The first-order valence-electron chi connectivity index (χ1n) is 24.2. The van der Waals surface area contributed by atoms with Crippen molar-refractivity contribution in [1.82, 2.24) is 5.32 Å². The number of aliphatic hydroxyl groups is 1. The van der Waals surface area contributed by atoms with Gasteiger partial charge in [0.25, 0.3) is 0 Å². The SMILES string of the molecule is CCCCCCCC/C=C/CCCCCCCCCCCCCC(=O)OCC(O)COP(=O)(O)OCC(NC(=O)CCCCCCCCCCCCCCCC)C(=O)O. The van der Waals surface area contributed by atoms with Gasteiger partial charge in [-0.2, -0.15) is 0 Å². The van der Waals surface area contributed by atoms with Crippen molar-refractivity contribution in [2.24, 2.45) is 0 Å². The summed E-state index contributed by atoms with van der Waals surface area (Å²) in [4.78, 5) is 46.0. The molecule has 3 unspecified atom stereocenters. The second-order valence-electron chi connectivity index (χ2n) is 16.7. The number of rotatable bonds is 46. The van der Waals surface area contributed by atoms with Gasteiger partial charge in [0.1, 0.15) is 12.7 Å². The molecule has 0 fully saturated rings. The van der Waals surface area contributed by atoms with Crippen LogP contribution in [0.2, 0.25) is 0 Å². The van der Waals surface area contributed by atoms with E-state index in [2.05, 4.69) is 31.3 Å². The molecule has 0 aromatic carbocycles. The van der Waals surface area contributed by atoms with Crippen LogP contribution in [0.3, 0.4) is 0 Å². The van der Waals surface area contributed by atoms with Gasteiger partial charge >= 0.3 is 19.8 Å². The molecule has 0 aromatic heterocycles. The molecule has 3 atom stereocenters. The molecule has 1 amide bonds. The van der Waals surface area contributed by atoms with Crippen LogP contribution in [0.1, 0.15) is 239 Å². The van der Waals surface area contributed by atoms with Crippen LogP contribution in [0.15, 0.2) is 12.2 Å². The summed E-state index contributed by atoms with van der Waals surface area (Å²) in [5, 5.41) is 21.9. The van der Waals surface area contributed by atoms with Crippen LogP contribution in [0.5, 0.6) is 0 Å². The Kier molecular flexibility index (Phi) is 41.6. The summed E-state index contributed by atoms with van der Waals surface area (Å²) in [5.74, 6) is -2.36. The summed E-state index contributed by atoms with van der Waals surface area (Å²) in [6.45, 7) is 2.62. The fourth-order valence-electron chi connectivity index (χ4n) is 7.02. The van der Waals surface area contributed by atoms with E-state index in [1.165, 1.54) is 161 Å². The Morgan fingerprint density at radius 1 is 0.525 bits per heavy atom. The number of hydrogen-bond acceptors (Lipinski definition) is 8. The van der Waals surface area contributed by atoms with E-state index in [9.17, 15) is 34.1 Å². The van der Waals surface area contributed by atoms with Crippen molar-refractivity contribution in [3.05, 3.63) is 12.2 Å². The number of allylic oxidation sites excluding steroid dienone is 2. The van der Waals surface area contributed by atoms with Crippen molar-refractivity contribution in [2.75, 3.05) is 19.8 Å². The van der Waals surface area contributed by atoms with Crippen LogP contribution in [0.25, 0.3) is 0 Å². The predicted octanol–water partition coefficient (Wildman–Crippen LogP) is 12.8. The van der Waals surface area contributed by atoms with Gasteiger partial charge in [-0.05, 0) is 38.5 Å². The second kappa shape index (κ2) is 42.9. The normalized spacial score (nSPS) is 13.7. The Balaban J connectivity index is 3.80. The molecular weight excluding hydrogens is 769 g/mol. The van der Waals surface area contributed by atoms with Gasteiger partial charge in [0.15, 0.2) is 6.04 Å². The molecule has 0 heterocycles. The number of phosphoric acid groups is 1. The highest BCUT2D eigenvalue weighted by atomic mass is 31.2. The number of phosphoric ester groups is 1. The quantitative estimate of drug-likeness (QED) is 0.0200. The van der Waals surface area contributed by atoms with E-state index < -0.39 is 57.6 Å². The third kappa shape index (κ3) is 42.7. The maximum Gasteiger partial charge on any atom is 0.472 e. The lowest BCUT2D eigenvalue weighted by Gasteiger charge is -2.18. The van der Waals surface area contributed by atoms with Crippen molar-refractivity contribution in [1.29, 1.82) is 0 Å². The Morgan fingerprint density at radius 3 is 1.29 bits per heavy atom. The van der Waals surface area contributed by atoms with Gasteiger partial charge in [0.2, 0.25) is 5.91 Å². The van der Waals surface area contributed by atoms with Crippen LogP contribution in [-0.2, 0) is 32.7 Å². The molecule has 0 aliphatic rings. The van der Waals surface area contributed by atoms with Crippen molar-refractivity contribution < 1.29 is 47.8 Å². The zero-order valence-electron chi connectivity index (χ0n) is 37.8. The minimum absolute atomic E-state index is 0.151. The number of carbonyl (C=O) groups excluding carboxylic acids is 2. The molecule has 0 rings (SSSR count). The fourth-order valence-corrected chi connectivity index (χ4v) is 7.79. The maximum atomic E-state index is 12.3. The Hall–Kier alpha value is -1.78. The monoisotopic (exact) mass is 860 g/mol. The summed E-state index contributed by atoms with van der Waals surface area (Å²) in [5.41, 5.74) is 0. The van der Waals surface area contributed by atoms with Gasteiger partial charge < -0.3 is 25.2 Å². The molecule has 0 spiro atoms. The number of hydrogen-bond donors (Lipinski definition) is 4. The minimum atomic E-state index is -4.75. The highest BCUT2D eigenvalue weighted by Gasteiger charge is 2.28. The summed E-state index contributed by atoms with van der Waals surface area (Å²) in [6, 6.07) is -1.54. The van der Waals surface area contributed by atoms with Crippen LogP contribution < -0.4 is 5.32 Å². The maximum absolute atomic E-state index is 12.3. The molecule has 0 saturated carbocycles. The molecular formula is C47H90NO10P. The van der Waals surface area contributed by atoms with Gasteiger partial charge in [-0.15, -0.1) is 0 Å². The summed E-state index contributed by atoms with van der Waals surface area (Å²) in [7, 11) is -4.75. The fraction of sp³-hybridized carbons (Fsp3) is 0.894. The molecule has 0 radical (unpaired) electrons. The van der Waals surface area contributed by atoms with Crippen molar-refractivity contribution in [2.45, 2.75) is 251 Å². The number of carbonyl (C=O) groups is 3. The van der Waals surface area contributed by atoms with Gasteiger partial charge in [0, 0.05) is 12.8 Å². The number of carboxylic acid groups (broad SMARTS) is 1. The van der Waals surface area contributed by atoms with Crippen molar-refractivity contribution >= 4 is 25.7 Å². The van der Waals surface area contributed by atoms with Crippen LogP contribution in [-0.4, -0.2) is 64.9 Å². The lowest BCUT2D eigenvalue weighted by Crippen LogP contribution is -2.43. The second-order valence-corrected chi connectivity index (χ2v) is 18.1. The Morgan fingerprint density at radius 2 is 0.881 bits per heavy atom. The number of unbranched alkanes of at least 4 members (excludes halogenated alkanes) is 30. The standard InChI is InChI=1S/C47H90NO10P/c1-3-5-7-9-11-13-15-17-19-20-21-22-23-24-25-27-29-31-33-35-37-39-46(51)56-40-43(49)41-57-59(54,55)58-42-44(47(52)53)48-45(50)38-36-34-32-30-28-26-18-16-14-12-10-8-6-4-2/h17,19,43-44,49H,3-16,18,20-42H2,1-2H3,(H,48,50)(H,52,53)(H,54,55)/b19-17+. The lowest BCUT2D eigenvalue weighted by molar-refractivity contribution is -0.147. The van der Waals surface area contributed by atoms with Crippen LogP contribution in [0, 0.1) is 0 Å². The van der Waals surface area contributed by atoms with E-state index >= 15 is 0 Å². The number of esters is 1. The van der Waals surface area contributed by atoms with E-state index in [-0.39, 0.29) is 12.8 Å². The number of ether oxygens (including phenoxy) is 1. The molecule has 4 N–H and O–H groups in total. The number of carboxylic acids is 1. The van der Waals surface area contributed by atoms with Crippen LogP contribution >= 0.6 is 7.82 Å². The smallest absolute Gasteiger partial charge is 0.472 e. The average Bonchev–Trinajstić information content (AvgIpc) is 3.21. The van der Waals surface area contributed by atoms with Gasteiger partial charge in [-0.3, -0.25) is 18.6 Å². The Labute approximate surface area is 360 Å². The molecule has 0 saturated heterocycles. The summed E-state index contributed by atoms with van der Waals surface area (Å²) in [6.07, 6.45) is 43.8. The van der Waals surface area contributed by atoms with Crippen molar-refractivity contribution in [3.8, 4) is 0 Å². The van der Waals surface area contributed by atoms with Crippen molar-refractivity contribution in [3.63, 3.8) is 0 Å². The highest BCUT2D eigenvalue weighted by molar-refractivity contribution is 7.47. The molecule has 12 heteroatoms. The molecule has 11 nitrogen and oxygen atoms in total. The van der Waals surface area contributed by atoms with Gasteiger partial charge in [-0.1, -0.05) is 199 Å². The van der Waals surface area contributed by atoms with E-state index in [0.29, 0.717) is 12.8 Å². The van der Waals surface area contributed by atoms with Crippen LogP contribution in [0.4, 0.5) is 0 Å². The van der Waals surface area contributed by atoms with E-state index in [4.69, 9.17) is 13.8 Å². The van der Waals surface area contributed by atoms with E-state index in [0.717, 1.165) is 38.5 Å². The third-order valence-corrected chi connectivity index (χ3v) is 11.8. The average molecular weight is 860 g/mol. The Bertz CT molecular complexity index is 1060. The first kappa shape index (κ1) is 57.2. The highest BCUT2D eigenvalue weighted by Crippen LogP contribution is 2.43. The van der Waals surface area contributed by atoms with Gasteiger partial charge in [-0.25, -0.2) is 9.36 Å². The number of nitrogens with one attached hydrogen (secondary N) is 1. The molecule has 0 aliphatic carbocycles. The predicted molar refractivity (Wildman–Crippen MR) is 240 cm³/mol. The molecule has 59 heavy (non-hydrogen) atoms. The number of aliphatic hydroxyl groups excluding tert-OH is 1. The number of amides is 1. The zero-order valence-corrected chi connectivity index (χ0v) is 38.7. The molecule has 348 valence electrons. The summed E-state index contributed by atoms with van der Waals surface area (Å²) >= 11 is 0. The minimum Gasteiger partial charge on any atom is -0.480 e. The molecule has 0 aliphatic heterocycles. The third-order valence-electron chi connectivity index (χ3n) is 10.8. The topological polar surface area (TPSA) is 169 Å². The summed E-state index contributed by atoms with van der Waals surface area (Å²) < 4.78 is 26.9. The first-order chi connectivity index (χ1) is 28.6. The van der Waals surface area contributed by atoms with E-state index in [1.54, 1.807) is 0 Å². The first-order valence-corrected chi connectivity index (χ1v) is 25.7. The largest absolute Gasteiger partial charge is 0.480 e.